The summed E-state index contributed by atoms with van der Waals surface area (Å²) in [7, 11) is 3.68. The van der Waals surface area contributed by atoms with Crippen LogP contribution in [0.15, 0.2) is 73.3 Å². The summed E-state index contributed by atoms with van der Waals surface area (Å²) in [6.45, 7) is 8.26. The zero-order chi connectivity index (χ0) is 31.9. The molecule has 1 atom stereocenters. The Hall–Kier alpha value is -4.85. The Labute approximate surface area is 269 Å². The number of anilines is 1. The highest BCUT2D eigenvalue weighted by molar-refractivity contribution is 6.02. The standard InChI is InChI=1S/C38H41N5O3/c1-5-24-10-9-17-42(22-24)38(45)28-19-31-36(33(21-28)46-4)41(3)37(40-31)32-20-27-12-8-14-30(35(27)43(32)23-25-15-16-25)26-11-7-13-29(18-26)39-34(44)6-2/h6-8,11-14,18-21,24-25H,2,5,9-10,15-17,22-23H2,1,3-4H3,(H,39,44)/t24-/m1/s1. The van der Waals surface area contributed by atoms with Gasteiger partial charge in [0.15, 0.2) is 5.82 Å². The van der Waals surface area contributed by atoms with Crippen LogP contribution in [0.1, 0.15) is 49.4 Å². The third-order valence-corrected chi connectivity index (χ3v) is 9.70. The van der Waals surface area contributed by atoms with Crippen molar-refractivity contribution < 1.29 is 14.3 Å². The van der Waals surface area contributed by atoms with Gasteiger partial charge in [-0.15, -0.1) is 0 Å². The van der Waals surface area contributed by atoms with E-state index in [9.17, 15) is 9.59 Å². The number of para-hydroxylation sites is 1. The van der Waals surface area contributed by atoms with Crippen molar-refractivity contribution in [1.29, 1.82) is 0 Å². The molecular weight excluding hydrogens is 574 g/mol. The highest BCUT2D eigenvalue weighted by Crippen LogP contribution is 2.41. The number of benzene rings is 3. The second-order valence-electron chi connectivity index (χ2n) is 12.8. The second-order valence-corrected chi connectivity index (χ2v) is 12.8. The summed E-state index contributed by atoms with van der Waals surface area (Å²) in [5, 5.41) is 4.02. The van der Waals surface area contributed by atoms with Crippen molar-refractivity contribution >= 4 is 39.4 Å². The summed E-state index contributed by atoms with van der Waals surface area (Å²) in [6.07, 6.45) is 7.01. The molecule has 1 aliphatic carbocycles. The van der Waals surface area contributed by atoms with Crippen molar-refractivity contribution in [3.8, 4) is 28.4 Å². The average molecular weight is 616 g/mol. The molecule has 8 heteroatoms. The Morgan fingerprint density at radius 1 is 1.04 bits per heavy atom. The highest BCUT2D eigenvalue weighted by atomic mass is 16.5. The Balaban J connectivity index is 1.35. The van der Waals surface area contributed by atoms with Gasteiger partial charge in [0.1, 0.15) is 11.3 Å². The number of hydrogen-bond acceptors (Lipinski definition) is 4. The lowest BCUT2D eigenvalue weighted by Gasteiger charge is -2.32. The van der Waals surface area contributed by atoms with E-state index in [0.29, 0.717) is 23.1 Å². The molecule has 0 spiro atoms. The summed E-state index contributed by atoms with van der Waals surface area (Å²) in [4.78, 5) is 32.9. The molecule has 7 rings (SSSR count). The van der Waals surface area contributed by atoms with Gasteiger partial charge in [0.25, 0.3) is 5.91 Å². The van der Waals surface area contributed by atoms with Crippen LogP contribution in [0.3, 0.4) is 0 Å². The third kappa shape index (κ3) is 5.46. The maximum atomic E-state index is 13.7. The van der Waals surface area contributed by atoms with Crippen LogP contribution in [0.2, 0.25) is 0 Å². The molecule has 0 unspecified atom stereocenters. The molecule has 46 heavy (non-hydrogen) atoms. The number of carbonyl (C=O) groups is 2. The molecule has 1 N–H and O–H groups in total. The van der Waals surface area contributed by atoms with Gasteiger partial charge >= 0.3 is 0 Å². The lowest BCUT2D eigenvalue weighted by Crippen LogP contribution is -2.39. The smallest absolute Gasteiger partial charge is 0.254 e. The minimum Gasteiger partial charge on any atom is -0.494 e. The van der Waals surface area contributed by atoms with Gasteiger partial charge in [-0.3, -0.25) is 9.59 Å². The van der Waals surface area contributed by atoms with E-state index in [0.717, 1.165) is 82.7 Å². The van der Waals surface area contributed by atoms with Crippen molar-refractivity contribution in [2.75, 3.05) is 25.5 Å². The fourth-order valence-electron chi connectivity index (χ4n) is 7.03. The quantitative estimate of drug-likeness (QED) is 0.173. The average Bonchev–Trinajstić information content (AvgIpc) is 3.75. The largest absolute Gasteiger partial charge is 0.494 e. The first kappa shape index (κ1) is 29.8. The number of amides is 2. The molecule has 1 saturated heterocycles. The number of nitrogens with one attached hydrogen (secondary N) is 1. The number of methoxy groups -OCH3 is 1. The number of imidazole rings is 1. The molecule has 1 aliphatic heterocycles. The fourth-order valence-corrected chi connectivity index (χ4v) is 7.03. The second kappa shape index (κ2) is 12.2. The Morgan fingerprint density at radius 2 is 1.87 bits per heavy atom. The number of fused-ring (bicyclic) bond motifs is 2. The van der Waals surface area contributed by atoms with Gasteiger partial charge in [-0.2, -0.15) is 0 Å². The number of piperidine rings is 1. The Morgan fingerprint density at radius 3 is 2.63 bits per heavy atom. The van der Waals surface area contributed by atoms with Gasteiger partial charge in [0.2, 0.25) is 5.91 Å². The van der Waals surface area contributed by atoms with E-state index in [2.05, 4.69) is 58.3 Å². The number of carbonyl (C=O) groups excluding carboxylic acids is 2. The first-order valence-electron chi connectivity index (χ1n) is 16.4. The van der Waals surface area contributed by atoms with Crippen molar-refractivity contribution in [2.45, 2.75) is 45.6 Å². The van der Waals surface area contributed by atoms with Gasteiger partial charge in [0, 0.05) is 48.9 Å². The first-order valence-corrected chi connectivity index (χ1v) is 16.4. The van der Waals surface area contributed by atoms with E-state index < -0.39 is 0 Å². The van der Waals surface area contributed by atoms with Crippen LogP contribution in [0.5, 0.6) is 5.75 Å². The van der Waals surface area contributed by atoms with E-state index >= 15 is 0 Å². The zero-order valence-electron chi connectivity index (χ0n) is 26.9. The van der Waals surface area contributed by atoms with Crippen molar-refractivity contribution in [3.05, 3.63) is 78.9 Å². The molecule has 0 radical (unpaired) electrons. The maximum Gasteiger partial charge on any atom is 0.254 e. The summed E-state index contributed by atoms with van der Waals surface area (Å²) in [5.74, 6) is 2.45. The van der Waals surface area contributed by atoms with Crippen LogP contribution in [-0.2, 0) is 18.4 Å². The topological polar surface area (TPSA) is 81.4 Å². The monoisotopic (exact) mass is 615 g/mol. The van der Waals surface area contributed by atoms with Crippen LogP contribution in [-0.4, -0.2) is 51.0 Å². The normalized spacial score (nSPS) is 16.6. The highest BCUT2D eigenvalue weighted by Gasteiger charge is 2.29. The first-order chi connectivity index (χ1) is 22.4. The maximum absolute atomic E-state index is 13.7. The molecule has 2 fully saturated rings. The number of likely N-dealkylation sites (tertiary alicyclic amines) is 1. The number of ether oxygens (including phenoxy) is 1. The fraction of sp³-hybridized carbons (Fsp3) is 0.342. The SMILES string of the molecule is C=CC(=O)Nc1cccc(-c2cccc3cc(-c4nc5cc(C(=O)N6CCC[C@@H](CC)C6)cc(OC)c5n4C)n(CC4CC4)c23)c1. The van der Waals surface area contributed by atoms with E-state index in [1.54, 1.807) is 7.11 Å². The van der Waals surface area contributed by atoms with E-state index in [4.69, 9.17) is 9.72 Å². The van der Waals surface area contributed by atoms with Gasteiger partial charge in [-0.25, -0.2) is 4.98 Å². The van der Waals surface area contributed by atoms with Gasteiger partial charge < -0.3 is 24.1 Å². The van der Waals surface area contributed by atoms with Crippen LogP contribution >= 0.6 is 0 Å². The number of hydrogen-bond donors (Lipinski definition) is 1. The number of aromatic nitrogens is 3. The number of rotatable bonds is 9. The lowest BCUT2D eigenvalue weighted by atomic mass is 9.95. The molecule has 3 heterocycles. The van der Waals surface area contributed by atoms with E-state index in [1.165, 1.54) is 25.3 Å². The minimum atomic E-state index is -0.238. The molecule has 8 nitrogen and oxygen atoms in total. The van der Waals surface area contributed by atoms with Crippen LogP contribution < -0.4 is 10.1 Å². The van der Waals surface area contributed by atoms with E-state index in [-0.39, 0.29) is 11.8 Å². The molecule has 2 amide bonds. The Bertz CT molecular complexity index is 1980. The predicted molar refractivity (Wildman–Crippen MR) is 184 cm³/mol. The predicted octanol–water partition coefficient (Wildman–Crippen LogP) is 7.67. The lowest BCUT2D eigenvalue weighted by molar-refractivity contribution is -0.111. The molecule has 1 saturated carbocycles. The summed E-state index contributed by atoms with van der Waals surface area (Å²) >= 11 is 0. The molecule has 5 aromatic rings. The number of nitrogens with zero attached hydrogens (tertiary/aromatic N) is 4. The summed E-state index contributed by atoms with van der Waals surface area (Å²) in [6, 6.07) is 20.3. The van der Waals surface area contributed by atoms with Gasteiger partial charge in [-0.05, 0) is 79.5 Å². The summed E-state index contributed by atoms with van der Waals surface area (Å²) < 4.78 is 10.4. The third-order valence-electron chi connectivity index (χ3n) is 9.70. The molecule has 0 bridgehead atoms. The zero-order valence-corrected chi connectivity index (χ0v) is 26.9. The Kier molecular flexibility index (Phi) is 7.89. The van der Waals surface area contributed by atoms with Crippen molar-refractivity contribution in [1.82, 2.24) is 19.0 Å². The molecule has 3 aromatic carbocycles. The molecule has 236 valence electrons. The van der Waals surface area contributed by atoms with E-state index in [1.807, 2.05) is 42.3 Å². The molecular formula is C38H41N5O3. The van der Waals surface area contributed by atoms with Crippen molar-refractivity contribution in [3.63, 3.8) is 0 Å². The summed E-state index contributed by atoms with van der Waals surface area (Å²) in [5.41, 5.74) is 7.24. The van der Waals surface area contributed by atoms with Crippen LogP contribution in [0, 0.1) is 11.8 Å². The van der Waals surface area contributed by atoms with Gasteiger partial charge in [-0.1, -0.05) is 50.3 Å². The minimum absolute atomic E-state index is 0.0459. The number of aryl methyl sites for hydroxylation is 1. The van der Waals surface area contributed by atoms with Crippen LogP contribution in [0.25, 0.3) is 44.6 Å². The molecule has 2 aromatic heterocycles. The van der Waals surface area contributed by atoms with Gasteiger partial charge in [0.05, 0.1) is 23.8 Å². The van der Waals surface area contributed by atoms with Crippen LogP contribution in [0.4, 0.5) is 5.69 Å². The van der Waals surface area contributed by atoms with Crippen molar-refractivity contribution in [2.24, 2.45) is 18.9 Å². The molecule has 2 aliphatic rings.